The highest BCUT2D eigenvalue weighted by Gasteiger charge is 2.19. The van der Waals surface area contributed by atoms with Gasteiger partial charge in [0.15, 0.2) is 4.77 Å². The fourth-order valence-corrected chi connectivity index (χ4v) is 3.35. The van der Waals surface area contributed by atoms with Crippen molar-refractivity contribution in [1.29, 1.82) is 5.26 Å². The highest BCUT2D eigenvalue weighted by molar-refractivity contribution is 7.71. The number of nitriles is 1. The molecule has 158 valence electrons. The summed E-state index contributed by atoms with van der Waals surface area (Å²) in [5.41, 5.74) is 2.67. The van der Waals surface area contributed by atoms with Crippen molar-refractivity contribution in [2.75, 3.05) is 12.4 Å². The Labute approximate surface area is 186 Å². The Morgan fingerprint density at radius 3 is 2.53 bits per heavy atom. The Morgan fingerprint density at radius 2 is 1.88 bits per heavy atom. The lowest BCUT2D eigenvalue weighted by Crippen LogP contribution is -2.13. The van der Waals surface area contributed by atoms with E-state index in [1.54, 1.807) is 35.1 Å². The molecule has 0 atom stereocenters. The molecule has 0 aliphatic heterocycles. The van der Waals surface area contributed by atoms with E-state index in [1.165, 1.54) is 7.11 Å². The van der Waals surface area contributed by atoms with E-state index in [1.807, 2.05) is 36.4 Å². The number of aromatic nitrogens is 4. The number of rotatable bonds is 4. The Kier molecular flexibility index (Phi) is 5.65. The van der Waals surface area contributed by atoms with Gasteiger partial charge in [0.05, 0.1) is 18.5 Å². The number of amides is 1. The summed E-state index contributed by atoms with van der Waals surface area (Å²) in [6, 6.07) is 18.3. The second kappa shape index (κ2) is 8.71. The Balaban J connectivity index is 1.90. The smallest absolute Gasteiger partial charge is 0.411 e. The summed E-state index contributed by atoms with van der Waals surface area (Å²) in [7, 11) is 1.28. The number of para-hydroxylation sites is 1. The maximum atomic E-state index is 12.3. The second-order valence-electron chi connectivity index (χ2n) is 6.64. The van der Waals surface area contributed by atoms with Crippen LogP contribution in [0.15, 0.2) is 65.6 Å². The van der Waals surface area contributed by atoms with Crippen LogP contribution in [0.4, 0.5) is 10.5 Å². The van der Waals surface area contributed by atoms with Crippen molar-refractivity contribution in [3.05, 3.63) is 81.5 Å². The molecule has 9 nitrogen and oxygen atoms in total. The van der Waals surface area contributed by atoms with Crippen LogP contribution in [0.1, 0.15) is 5.56 Å². The molecule has 10 heteroatoms. The van der Waals surface area contributed by atoms with Gasteiger partial charge in [-0.1, -0.05) is 30.3 Å². The zero-order valence-electron chi connectivity index (χ0n) is 16.7. The first-order valence-corrected chi connectivity index (χ1v) is 9.78. The number of anilines is 1. The number of nitrogens with zero attached hydrogens (tertiary/aromatic N) is 3. The van der Waals surface area contributed by atoms with E-state index in [4.69, 9.17) is 17.3 Å². The Morgan fingerprint density at radius 1 is 1.16 bits per heavy atom. The first kappa shape index (κ1) is 20.8. The highest BCUT2D eigenvalue weighted by atomic mass is 32.1. The van der Waals surface area contributed by atoms with E-state index in [9.17, 15) is 14.9 Å². The number of carbonyl (C=O) groups excluding carboxylic acids is 1. The molecule has 0 saturated carbocycles. The van der Waals surface area contributed by atoms with E-state index >= 15 is 0 Å². The number of hydrogen-bond acceptors (Lipinski definition) is 6. The van der Waals surface area contributed by atoms with Gasteiger partial charge in [-0.05, 0) is 36.5 Å². The Hall–Kier alpha value is -4.49. The molecule has 0 bridgehead atoms. The lowest BCUT2D eigenvalue weighted by atomic mass is 10.0. The summed E-state index contributed by atoms with van der Waals surface area (Å²) in [5.74, 6) is 0. The monoisotopic (exact) mass is 444 g/mol. The van der Waals surface area contributed by atoms with Crippen LogP contribution in [0, 0.1) is 16.1 Å². The van der Waals surface area contributed by atoms with Crippen LogP contribution >= 0.6 is 12.2 Å². The van der Waals surface area contributed by atoms with Crippen LogP contribution in [-0.2, 0) is 4.74 Å². The molecule has 0 fully saturated rings. The molecule has 0 aliphatic carbocycles. The number of benzene rings is 2. The largest absolute Gasteiger partial charge is 0.453 e. The fourth-order valence-electron chi connectivity index (χ4n) is 3.16. The van der Waals surface area contributed by atoms with Crippen molar-refractivity contribution < 1.29 is 9.53 Å². The molecular formula is C22H16N6O3S. The number of carbonyl (C=O) groups is 1. The van der Waals surface area contributed by atoms with Crippen LogP contribution in [0.5, 0.6) is 0 Å². The third-order valence-electron chi connectivity index (χ3n) is 4.65. The van der Waals surface area contributed by atoms with E-state index < -0.39 is 11.7 Å². The molecule has 0 spiro atoms. The molecule has 2 aromatic carbocycles. The number of ether oxygens (including phenoxy) is 1. The summed E-state index contributed by atoms with van der Waals surface area (Å²) >= 11 is 5.12. The van der Waals surface area contributed by atoms with Gasteiger partial charge >= 0.3 is 6.09 Å². The van der Waals surface area contributed by atoms with Crippen molar-refractivity contribution in [2.45, 2.75) is 0 Å². The number of H-pyrrole nitrogens is 2. The van der Waals surface area contributed by atoms with E-state index in [0.717, 1.165) is 5.69 Å². The van der Waals surface area contributed by atoms with Crippen LogP contribution in [0.25, 0.3) is 28.2 Å². The summed E-state index contributed by atoms with van der Waals surface area (Å²) in [5, 5.41) is 16.9. The minimum absolute atomic E-state index is 0.0973. The minimum atomic E-state index is -0.582. The van der Waals surface area contributed by atoms with Gasteiger partial charge in [0.1, 0.15) is 17.3 Å². The molecule has 0 radical (unpaired) electrons. The third kappa shape index (κ3) is 4.05. The third-order valence-corrected chi connectivity index (χ3v) is 4.85. The van der Waals surface area contributed by atoms with Gasteiger partial charge in [-0.15, -0.1) is 0 Å². The van der Waals surface area contributed by atoms with Gasteiger partial charge in [-0.2, -0.15) is 10.4 Å². The molecule has 4 aromatic rings. The molecule has 32 heavy (non-hydrogen) atoms. The van der Waals surface area contributed by atoms with Crippen molar-refractivity contribution in [1.82, 2.24) is 19.7 Å². The van der Waals surface area contributed by atoms with Gasteiger partial charge in [0.25, 0.3) is 5.56 Å². The SMILES string of the molecule is COC(=O)Nc1ccc(-c2nn(-c3ccccc3)cc2-c2[nH]c(=S)[nH]c(=O)c2C#N)cc1. The van der Waals surface area contributed by atoms with E-state index in [0.29, 0.717) is 22.5 Å². The van der Waals surface area contributed by atoms with Crippen LogP contribution in [0.2, 0.25) is 0 Å². The first-order chi connectivity index (χ1) is 15.5. The number of aromatic amines is 2. The molecule has 3 N–H and O–H groups in total. The topological polar surface area (TPSA) is 129 Å². The molecule has 0 unspecified atom stereocenters. The average molecular weight is 444 g/mol. The van der Waals surface area contributed by atoms with Gasteiger partial charge in [0, 0.05) is 23.0 Å². The normalized spacial score (nSPS) is 10.4. The summed E-state index contributed by atoms with van der Waals surface area (Å²) in [4.78, 5) is 29.1. The fraction of sp³-hybridized carbons (Fsp3) is 0.0455. The van der Waals surface area contributed by atoms with E-state index in [-0.39, 0.29) is 16.0 Å². The van der Waals surface area contributed by atoms with E-state index in [2.05, 4.69) is 20.0 Å². The van der Waals surface area contributed by atoms with Crippen LogP contribution < -0.4 is 10.9 Å². The molecular weight excluding hydrogens is 428 g/mol. The number of nitrogens with one attached hydrogen (secondary N) is 3. The summed E-state index contributed by atoms with van der Waals surface area (Å²) < 4.78 is 6.36. The lowest BCUT2D eigenvalue weighted by molar-refractivity contribution is 0.187. The molecule has 1 amide bonds. The zero-order valence-corrected chi connectivity index (χ0v) is 17.6. The molecule has 0 saturated heterocycles. The predicted molar refractivity (Wildman–Crippen MR) is 121 cm³/mol. The van der Waals surface area contributed by atoms with Crippen molar-refractivity contribution in [3.8, 4) is 34.3 Å². The standard InChI is InChI=1S/C22H16N6O3S/c1-31-22(30)24-14-9-7-13(8-10-14)18-17(12-28(27-18)15-5-3-2-4-6-15)19-16(11-23)20(29)26-21(32)25-19/h2-10,12H,1H3,(H,24,30)(H2,25,26,29,32). The van der Waals surface area contributed by atoms with Gasteiger partial charge in [-0.3, -0.25) is 15.1 Å². The summed E-state index contributed by atoms with van der Waals surface area (Å²) in [6.07, 6.45) is 1.15. The van der Waals surface area contributed by atoms with Crippen molar-refractivity contribution >= 4 is 24.0 Å². The maximum absolute atomic E-state index is 12.3. The molecule has 0 aliphatic rings. The first-order valence-electron chi connectivity index (χ1n) is 9.37. The van der Waals surface area contributed by atoms with Crippen molar-refractivity contribution in [3.63, 3.8) is 0 Å². The van der Waals surface area contributed by atoms with Gasteiger partial charge < -0.3 is 9.72 Å². The molecule has 4 rings (SSSR count). The summed E-state index contributed by atoms with van der Waals surface area (Å²) in [6.45, 7) is 0. The molecule has 2 heterocycles. The quantitative estimate of drug-likeness (QED) is 0.408. The average Bonchev–Trinajstić information content (AvgIpc) is 3.25. The maximum Gasteiger partial charge on any atom is 0.411 e. The minimum Gasteiger partial charge on any atom is -0.453 e. The van der Waals surface area contributed by atoms with Crippen LogP contribution in [0.3, 0.4) is 0 Å². The number of hydrogen-bond donors (Lipinski definition) is 3. The molecule has 2 aromatic heterocycles. The van der Waals surface area contributed by atoms with Gasteiger partial charge in [0.2, 0.25) is 0 Å². The van der Waals surface area contributed by atoms with Gasteiger partial charge in [-0.25, -0.2) is 9.48 Å². The zero-order chi connectivity index (χ0) is 22.7. The highest BCUT2D eigenvalue weighted by Crippen LogP contribution is 2.32. The van der Waals surface area contributed by atoms with Crippen molar-refractivity contribution in [2.24, 2.45) is 0 Å². The van der Waals surface area contributed by atoms with Crippen LogP contribution in [-0.4, -0.2) is 33.0 Å². The lowest BCUT2D eigenvalue weighted by Gasteiger charge is -2.07. The second-order valence-corrected chi connectivity index (χ2v) is 7.04. The number of methoxy groups -OCH3 is 1. The predicted octanol–water partition coefficient (Wildman–Crippen LogP) is 4.00. The Bertz CT molecular complexity index is 1450.